The van der Waals surface area contributed by atoms with Gasteiger partial charge < -0.3 is 14.2 Å². The second-order valence-electron chi connectivity index (χ2n) is 3.73. The highest BCUT2D eigenvalue weighted by Crippen LogP contribution is 2.20. The standard InChI is InChI=1S/C13H19NO6/c1-4-18-11(15)7-9(12(16)19-5-2)10(8-14)13(17)20-6-3/h9-10H,4-7H2,1-3H3/t9-,10-/m1/s1. The average molecular weight is 285 g/mol. The fourth-order valence-corrected chi connectivity index (χ4v) is 1.53. The lowest BCUT2D eigenvalue weighted by Gasteiger charge is -2.18. The molecule has 0 aromatic rings. The van der Waals surface area contributed by atoms with Gasteiger partial charge in [-0.15, -0.1) is 0 Å². The molecule has 0 unspecified atom stereocenters. The molecule has 0 N–H and O–H groups in total. The third-order valence-corrected chi connectivity index (χ3v) is 2.36. The maximum absolute atomic E-state index is 11.8. The first-order valence-electron chi connectivity index (χ1n) is 6.40. The van der Waals surface area contributed by atoms with Gasteiger partial charge in [-0.2, -0.15) is 5.26 Å². The van der Waals surface area contributed by atoms with Gasteiger partial charge in [0.2, 0.25) is 0 Å². The molecule has 0 saturated carbocycles. The Balaban J connectivity index is 5.07. The second kappa shape index (κ2) is 9.78. The van der Waals surface area contributed by atoms with E-state index in [1.54, 1.807) is 26.8 Å². The molecule has 0 aromatic carbocycles. The highest BCUT2D eigenvalue weighted by molar-refractivity contribution is 5.87. The van der Waals surface area contributed by atoms with Crippen molar-refractivity contribution in [1.82, 2.24) is 0 Å². The van der Waals surface area contributed by atoms with Crippen LogP contribution in [0.1, 0.15) is 27.2 Å². The van der Waals surface area contributed by atoms with Crippen molar-refractivity contribution in [2.45, 2.75) is 27.2 Å². The predicted molar refractivity (Wildman–Crippen MR) is 67.1 cm³/mol. The van der Waals surface area contributed by atoms with E-state index in [-0.39, 0.29) is 19.8 Å². The highest BCUT2D eigenvalue weighted by Gasteiger charge is 2.38. The largest absolute Gasteiger partial charge is 0.466 e. The van der Waals surface area contributed by atoms with E-state index >= 15 is 0 Å². The molecule has 7 heteroatoms. The van der Waals surface area contributed by atoms with Crippen LogP contribution in [0.3, 0.4) is 0 Å². The number of nitrogens with zero attached hydrogens (tertiary/aromatic N) is 1. The Morgan fingerprint density at radius 1 is 0.950 bits per heavy atom. The summed E-state index contributed by atoms with van der Waals surface area (Å²) in [5.41, 5.74) is 0. The lowest BCUT2D eigenvalue weighted by Crippen LogP contribution is -2.34. The molecule has 0 radical (unpaired) electrons. The first-order valence-corrected chi connectivity index (χ1v) is 6.40. The molecule has 2 atom stereocenters. The van der Waals surface area contributed by atoms with Crippen molar-refractivity contribution in [3.8, 4) is 6.07 Å². The van der Waals surface area contributed by atoms with Crippen molar-refractivity contribution in [2.24, 2.45) is 11.8 Å². The Kier molecular flexibility index (Phi) is 8.75. The van der Waals surface area contributed by atoms with Gasteiger partial charge in [0.1, 0.15) is 0 Å². The lowest BCUT2D eigenvalue weighted by atomic mass is 9.90. The normalized spacial score (nSPS) is 12.7. The van der Waals surface area contributed by atoms with Crippen LogP contribution in [0.15, 0.2) is 0 Å². The number of carbonyl (C=O) groups is 3. The van der Waals surface area contributed by atoms with Gasteiger partial charge in [0.15, 0.2) is 5.92 Å². The molecule has 0 heterocycles. The molecule has 0 fully saturated rings. The zero-order chi connectivity index (χ0) is 15.5. The van der Waals surface area contributed by atoms with E-state index in [0.29, 0.717) is 0 Å². The first kappa shape index (κ1) is 17.9. The van der Waals surface area contributed by atoms with Crippen molar-refractivity contribution in [1.29, 1.82) is 5.26 Å². The zero-order valence-corrected chi connectivity index (χ0v) is 11.9. The summed E-state index contributed by atoms with van der Waals surface area (Å²) in [4.78, 5) is 34.9. The van der Waals surface area contributed by atoms with Crippen molar-refractivity contribution < 1.29 is 28.6 Å². The van der Waals surface area contributed by atoms with Gasteiger partial charge >= 0.3 is 17.9 Å². The topological polar surface area (TPSA) is 103 Å². The Morgan fingerprint density at radius 2 is 1.45 bits per heavy atom. The summed E-state index contributed by atoms with van der Waals surface area (Å²) in [7, 11) is 0. The maximum Gasteiger partial charge on any atom is 0.324 e. The molecule has 0 saturated heterocycles. The van der Waals surface area contributed by atoms with Gasteiger partial charge in [-0.3, -0.25) is 14.4 Å². The Morgan fingerprint density at radius 3 is 1.90 bits per heavy atom. The third-order valence-electron chi connectivity index (χ3n) is 2.36. The van der Waals surface area contributed by atoms with Gasteiger partial charge in [-0.25, -0.2) is 0 Å². The number of rotatable bonds is 8. The van der Waals surface area contributed by atoms with E-state index in [0.717, 1.165) is 0 Å². The molecular weight excluding hydrogens is 266 g/mol. The number of hydrogen-bond acceptors (Lipinski definition) is 7. The Labute approximate surface area is 117 Å². The molecule has 0 bridgehead atoms. The van der Waals surface area contributed by atoms with E-state index < -0.39 is 36.2 Å². The number of ether oxygens (including phenoxy) is 3. The molecule has 0 amide bonds. The minimum Gasteiger partial charge on any atom is -0.466 e. The molecular formula is C13H19NO6. The first-order chi connectivity index (χ1) is 9.51. The van der Waals surface area contributed by atoms with Crippen molar-refractivity contribution in [3.05, 3.63) is 0 Å². The quantitative estimate of drug-likeness (QED) is 0.480. The van der Waals surface area contributed by atoms with Crippen LogP contribution in [0.5, 0.6) is 0 Å². The summed E-state index contributed by atoms with van der Waals surface area (Å²) < 4.78 is 14.2. The van der Waals surface area contributed by atoms with E-state index in [2.05, 4.69) is 0 Å². The predicted octanol–water partition coefficient (Wildman–Crippen LogP) is 0.822. The fraction of sp³-hybridized carbons (Fsp3) is 0.692. The van der Waals surface area contributed by atoms with Crippen LogP contribution in [-0.2, 0) is 28.6 Å². The minimum atomic E-state index is -1.39. The smallest absolute Gasteiger partial charge is 0.324 e. The molecule has 0 aliphatic heterocycles. The molecule has 20 heavy (non-hydrogen) atoms. The number of esters is 3. The summed E-state index contributed by atoms with van der Waals surface area (Å²) in [6.45, 7) is 5.09. The van der Waals surface area contributed by atoms with Crippen LogP contribution < -0.4 is 0 Å². The summed E-state index contributed by atoms with van der Waals surface area (Å²) in [5, 5.41) is 9.04. The van der Waals surface area contributed by atoms with Crippen molar-refractivity contribution in [3.63, 3.8) is 0 Å². The molecule has 0 aliphatic carbocycles. The van der Waals surface area contributed by atoms with E-state index in [1.165, 1.54) is 0 Å². The molecule has 0 spiro atoms. The van der Waals surface area contributed by atoms with Gasteiger partial charge in [-0.1, -0.05) is 0 Å². The Hall–Kier alpha value is -2.10. The summed E-state index contributed by atoms with van der Waals surface area (Å²) >= 11 is 0. The zero-order valence-electron chi connectivity index (χ0n) is 11.9. The number of nitriles is 1. The summed E-state index contributed by atoms with van der Waals surface area (Å²) in [5.74, 6) is -4.93. The van der Waals surface area contributed by atoms with E-state index in [4.69, 9.17) is 19.5 Å². The molecule has 7 nitrogen and oxygen atoms in total. The van der Waals surface area contributed by atoms with Crippen molar-refractivity contribution in [2.75, 3.05) is 19.8 Å². The molecule has 0 aliphatic rings. The second-order valence-corrected chi connectivity index (χ2v) is 3.73. The van der Waals surface area contributed by atoms with Crippen LogP contribution in [0, 0.1) is 23.2 Å². The van der Waals surface area contributed by atoms with Gasteiger partial charge in [0.25, 0.3) is 0 Å². The lowest BCUT2D eigenvalue weighted by molar-refractivity contribution is -0.161. The SMILES string of the molecule is CCOC(=O)C[C@@H](C(=O)OCC)[C@@H](C#N)C(=O)OCC. The Bertz CT molecular complexity index is 387. The van der Waals surface area contributed by atoms with Crippen LogP contribution in [-0.4, -0.2) is 37.7 Å². The highest BCUT2D eigenvalue weighted by atomic mass is 16.5. The van der Waals surface area contributed by atoms with Crippen molar-refractivity contribution >= 4 is 17.9 Å². The van der Waals surface area contributed by atoms with Crippen LogP contribution in [0.4, 0.5) is 0 Å². The number of hydrogen-bond donors (Lipinski definition) is 0. The monoisotopic (exact) mass is 285 g/mol. The van der Waals surface area contributed by atoms with E-state index in [1.807, 2.05) is 0 Å². The summed E-state index contributed by atoms with van der Waals surface area (Å²) in [6.07, 6.45) is -0.399. The third kappa shape index (κ3) is 5.69. The number of carbonyl (C=O) groups excluding carboxylic acids is 3. The van der Waals surface area contributed by atoms with Gasteiger partial charge in [0, 0.05) is 0 Å². The molecule has 0 aromatic heterocycles. The fourth-order valence-electron chi connectivity index (χ4n) is 1.53. The van der Waals surface area contributed by atoms with Gasteiger partial charge in [-0.05, 0) is 20.8 Å². The van der Waals surface area contributed by atoms with Crippen LogP contribution in [0.25, 0.3) is 0 Å². The van der Waals surface area contributed by atoms with E-state index in [9.17, 15) is 14.4 Å². The maximum atomic E-state index is 11.8. The minimum absolute atomic E-state index is 0.0754. The van der Waals surface area contributed by atoms with Gasteiger partial charge in [0.05, 0.1) is 38.2 Å². The van der Waals surface area contributed by atoms with Crippen LogP contribution >= 0.6 is 0 Å². The average Bonchev–Trinajstić information content (AvgIpc) is 2.39. The summed E-state index contributed by atoms with van der Waals surface area (Å²) in [6, 6.07) is 1.69. The molecule has 0 rings (SSSR count). The molecule has 112 valence electrons. The van der Waals surface area contributed by atoms with Crippen LogP contribution in [0.2, 0.25) is 0 Å².